The van der Waals surface area contributed by atoms with Gasteiger partial charge in [0.15, 0.2) is 0 Å². The molecule has 2 N–H and O–H groups in total. The van der Waals surface area contributed by atoms with Gasteiger partial charge in [-0.15, -0.1) is 0 Å². The fourth-order valence-corrected chi connectivity index (χ4v) is 3.43. The van der Waals surface area contributed by atoms with Crippen molar-refractivity contribution in [1.82, 2.24) is 15.6 Å². The SMILES string of the molecule is Fc1ccc(-c2ccc(CNCCNCc3ccc(-c4ccccn4)cc3)cc2)cc1. The molecule has 0 spiro atoms. The van der Waals surface area contributed by atoms with E-state index in [0.29, 0.717) is 0 Å². The summed E-state index contributed by atoms with van der Waals surface area (Å²) in [6.45, 7) is 3.46. The molecule has 4 heteroatoms. The lowest BCUT2D eigenvalue weighted by atomic mass is 10.0. The molecule has 0 saturated carbocycles. The van der Waals surface area contributed by atoms with Crippen LogP contribution >= 0.6 is 0 Å². The standard InChI is InChI=1S/C27H26FN3/c28-26-14-12-24(13-15-26)23-8-4-21(5-9-23)19-29-17-18-30-20-22-6-10-25(11-7-22)27-3-1-2-16-31-27/h1-16,29-30H,17-20H2. The highest BCUT2D eigenvalue weighted by Gasteiger charge is 2.00. The summed E-state index contributed by atoms with van der Waals surface area (Å²) in [6.07, 6.45) is 1.82. The first-order valence-electron chi connectivity index (χ1n) is 10.5. The first-order chi connectivity index (χ1) is 15.3. The van der Waals surface area contributed by atoms with E-state index >= 15 is 0 Å². The number of benzene rings is 3. The van der Waals surface area contributed by atoms with Crippen molar-refractivity contribution in [2.45, 2.75) is 13.1 Å². The molecule has 4 rings (SSSR count). The molecule has 0 saturated heterocycles. The summed E-state index contributed by atoms with van der Waals surface area (Å²) in [4.78, 5) is 4.39. The second kappa shape index (κ2) is 10.6. The van der Waals surface area contributed by atoms with Crippen LogP contribution in [0.4, 0.5) is 4.39 Å². The Hall–Kier alpha value is -3.34. The van der Waals surface area contributed by atoms with Gasteiger partial charge < -0.3 is 10.6 Å². The first kappa shape index (κ1) is 20.9. The number of hydrogen-bond acceptors (Lipinski definition) is 3. The predicted octanol–water partition coefficient (Wildman–Crippen LogP) is 5.43. The summed E-state index contributed by atoms with van der Waals surface area (Å²) in [5.41, 5.74) is 6.75. The number of nitrogens with zero attached hydrogens (tertiary/aromatic N) is 1. The molecule has 0 unspecified atom stereocenters. The van der Waals surface area contributed by atoms with E-state index in [9.17, 15) is 4.39 Å². The smallest absolute Gasteiger partial charge is 0.123 e. The van der Waals surface area contributed by atoms with Gasteiger partial charge in [-0.25, -0.2) is 4.39 Å². The summed E-state index contributed by atoms with van der Waals surface area (Å²) in [7, 11) is 0. The highest BCUT2D eigenvalue weighted by Crippen LogP contribution is 2.20. The summed E-state index contributed by atoms with van der Waals surface area (Å²) < 4.78 is 13.1. The van der Waals surface area contributed by atoms with Crippen LogP contribution in [0.5, 0.6) is 0 Å². The van der Waals surface area contributed by atoms with E-state index in [1.54, 1.807) is 12.1 Å². The van der Waals surface area contributed by atoms with Crippen molar-refractivity contribution in [1.29, 1.82) is 0 Å². The maximum absolute atomic E-state index is 13.1. The monoisotopic (exact) mass is 411 g/mol. The molecule has 0 aliphatic rings. The van der Waals surface area contributed by atoms with Crippen LogP contribution in [0.1, 0.15) is 11.1 Å². The second-order valence-corrected chi connectivity index (χ2v) is 7.47. The lowest BCUT2D eigenvalue weighted by Crippen LogP contribution is -2.26. The molecule has 0 bridgehead atoms. The molecule has 31 heavy (non-hydrogen) atoms. The van der Waals surface area contributed by atoms with Gasteiger partial charge in [-0.05, 0) is 46.5 Å². The van der Waals surface area contributed by atoms with E-state index in [1.165, 1.54) is 23.3 Å². The normalized spacial score (nSPS) is 10.9. The van der Waals surface area contributed by atoms with Crippen molar-refractivity contribution >= 4 is 0 Å². The van der Waals surface area contributed by atoms with Crippen LogP contribution in [-0.4, -0.2) is 18.1 Å². The van der Waals surface area contributed by atoms with Gasteiger partial charge in [-0.2, -0.15) is 0 Å². The Morgan fingerprint density at radius 3 is 1.61 bits per heavy atom. The van der Waals surface area contributed by atoms with E-state index in [2.05, 4.69) is 64.1 Å². The van der Waals surface area contributed by atoms with E-state index in [0.717, 1.165) is 48.6 Å². The van der Waals surface area contributed by atoms with Crippen molar-refractivity contribution in [3.63, 3.8) is 0 Å². The molecule has 0 aliphatic carbocycles. The van der Waals surface area contributed by atoms with Gasteiger partial charge in [0.25, 0.3) is 0 Å². The van der Waals surface area contributed by atoms with Crippen molar-refractivity contribution in [3.05, 3.63) is 114 Å². The Balaban J connectivity index is 1.16. The third-order valence-corrected chi connectivity index (χ3v) is 5.18. The Morgan fingerprint density at radius 1 is 0.581 bits per heavy atom. The van der Waals surface area contributed by atoms with Gasteiger partial charge in [0.05, 0.1) is 5.69 Å². The summed E-state index contributed by atoms with van der Waals surface area (Å²) in [5, 5.41) is 6.94. The molecule has 1 heterocycles. The van der Waals surface area contributed by atoms with Crippen molar-refractivity contribution < 1.29 is 4.39 Å². The maximum Gasteiger partial charge on any atom is 0.123 e. The zero-order chi connectivity index (χ0) is 21.3. The number of nitrogens with one attached hydrogen (secondary N) is 2. The van der Waals surface area contributed by atoms with Crippen LogP contribution in [0, 0.1) is 5.82 Å². The molecule has 0 aliphatic heterocycles. The number of pyridine rings is 1. The fourth-order valence-electron chi connectivity index (χ4n) is 3.43. The van der Waals surface area contributed by atoms with E-state index < -0.39 is 0 Å². The number of hydrogen-bond donors (Lipinski definition) is 2. The molecule has 4 aromatic rings. The number of aromatic nitrogens is 1. The lowest BCUT2D eigenvalue weighted by molar-refractivity contribution is 0.611. The van der Waals surface area contributed by atoms with E-state index in [1.807, 2.05) is 24.4 Å². The summed E-state index contributed by atoms with van der Waals surface area (Å²) in [6, 6.07) is 29.5. The van der Waals surface area contributed by atoms with Gasteiger partial charge in [0.1, 0.15) is 5.82 Å². The van der Waals surface area contributed by atoms with E-state index in [-0.39, 0.29) is 5.82 Å². The molecule has 0 amide bonds. The lowest BCUT2D eigenvalue weighted by Gasteiger charge is -2.09. The minimum absolute atomic E-state index is 0.209. The Morgan fingerprint density at radius 2 is 1.10 bits per heavy atom. The van der Waals surface area contributed by atoms with Crippen molar-refractivity contribution in [2.75, 3.05) is 13.1 Å². The topological polar surface area (TPSA) is 37.0 Å². The highest BCUT2D eigenvalue weighted by molar-refractivity contribution is 5.63. The van der Waals surface area contributed by atoms with Crippen molar-refractivity contribution in [3.8, 4) is 22.4 Å². The zero-order valence-corrected chi connectivity index (χ0v) is 17.4. The maximum atomic E-state index is 13.1. The molecule has 3 aromatic carbocycles. The molecule has 3 nitrogen and oxygen atoms in total. The van der Waals surface area contributed by atoms with Crippen LogP contribution in [0.2, 0.25) is 0 Å². The fraction of sp³-hybridized carbons (Fsp3) is 0.148. The summed E-state index contributed by atoms with van der Waals surface area (Å²) >= 11 is 0. The van der Waals surface area contributed by atoms with Crippen LogP contribution < -0.4 is 10.6 Å². The van der Waals surface area contributed by atoms with Crippen LogP contribution in [0.25, 0.3) is 22.4 Å². The minimum Gasteiger partial charge on any atom is -0.311 e. The second-order valence-electron chi connectivity index (χ2n) is 7.47. The van der Waals surface area contributed by atoms with Crippen LogP contribution in [0.3, 0.4) is 0 Å². The van der Waals surface area contributed by atoms with Crippen LogP contribution in [0.15, 0.2) is 97.2 Å². The van der Waals surface area contributed by atoms with Gasteiger partial charge in [-0.3, -0.25) is 4.98 Å². The predicted molar refractivity (Wildman–Crippen MR) is 125 cm³/mol. The molecule has 0 fully saturated rings. The van der Waals surface area contributed by atoms with Crippen molar-refractivity contribution in [2.24, 2.45) is 0 Å². The molecular formula is C27H26FN3. The summed E-state index contributed by atoms with van der Waals surface area (Å²) in [5.74, 6) is -0.209. The van der Waals surface area contributed by atoms with Gasteiger partial charge >= 0.3 is 0 Å². The minimum atomic E-state index is -0.209. The first-order valence-corrected chi connectivity index (χ1v) is 10.5. The van der Waals surface area contributed by atoms with Crippen LogP contribution in [-0.2, 0) is 13.1 Å². The Kier molecular flexibility index (Phi) is 7.16. The molecule has 0 radical (unpaired) electrons. The zero-order valence-electron chi connectivity index (χ0n) is 17.4. The molecule has 156 valence electrons. The Labute approximate surface area is 183 Å². The molecule has 1 aromatic heterocycles. The van der Waals surface area contributed by atoms with Gasteiger partial charge in [-0.1, -0.05) is 66.7 Å². The third kappa shape index (κ3) is 6.07. The van der Waals surface area contributed by atoms with E-state index in [4.69, 9.17) is 0 Å². The highest BCUT2D eigenvalue weighted by atomic mass is 19.1. The quantitative estimate of drug-likeness (QED) is 0.361. The Bertz CT molecular complexity index is 1060. The average molecular weight is 412 g/mol. The molecular weight excluding hydrogens is 385 g/mol. The number of halogens is 1. The molecule has 0 atom stereocenters. The third-order valence-electron chi connectivity index (χ3n) is 5.18. The number of rotatable bonds is 9. The largest absolute Gasteiger partial charge is 0.311 e. The average Bonchev–Trinajstić information content (AvgIpc) is 2.83. The van der Waals surface area contributed by atoms with Gasteiger partial charge in [0, 0.05) is 37.9 Å². The van der Waals surface area contributed by atoms with Gasteiger partial charge in [0.2, 0.25) is 0 Å².